The molecule has 2 aliphatic rings. The number of halogens is 3. The van der Waals surface area contributed by atoms with E-state index in [1.165, 1.54) is 19.2 Å². The Kier molecular flexibility index (Phi) is 5.54. The van der Waals surface area contributed by atoms with E-state index in [0.29, 0.717) is 17.4 Å². The number of methoxy groups -OCH3 is 1. The first kappa shape index (κ1) is 21.0. The van der Waals surface area contributed by atoms with Crippen LogP contribution in [0.4, 0.5) is 18.9 Å². The van der Waals surface area contributed by atoms with E-state index in [-0.39, 0.29) is 35.5 Å². The quantitative estimate of drug-likeness (QED) is 0.729. The van der Waals surface area contributed by atoms with Crippen LogP contribution in [0.25, 0.3) is 5.76 Å². The molecular weight excluding hydrogens is 409 g/mol. The molecule has 0 spiro atoms. The van der Waals surface area contributed by atoms with Crippen LogP contribution in [0.3, 0.4) is 0 Å². The fraction of sp³-hybridized carbons (Fsp3) is 0.211. The number of allylic oxidation sites excluding steroid dienone is 2. The predicted octanol–water partition coefficient (Wildman–Crippen LogP) is 2.29. The Balaban J connectivity index is 2.03. The number of nitrogens with zero attached hydrogens (tertiary/aromatic N) is 2. The molecule has 3 amide bonds. The second-order valence-electron chi connectivity index (χ2n) is 6.18. The first-order chi connectivity index (χ1) is 14.2. The molecule has 1 aromatic carbocycles. The lowest BCUT2D eigenvalue weighted by Crippen LogP contribution is -2.39. The predicted molar refractivity (Wildman–Crippen MR) is 97.0 cm³/mol. The standard InChI is InChI=1S/C19H15F3N2O6/c1-29-14-4-2-3-13-16(14)17(27)12(7-23(13)9-25)18(28)24(10-26)15-6-5-11(8-30-15)19(20,21)22/h2-6,9-10,27H,7-8H2,1H3. The Morgan fingerprint density at radius 3 is 2.57 bits per heavy atom. The largest absolute Gasteiger partial charge is 0.507 e. The van der Waals surface area contributed by atoms with Gasteiger partial charge in [0.05, 0.1) is 36.1 Å². The summed E-state index contributed by atoms with van der Waals surface area (Å²) in [5, 5.41) is 10.7. The number of rotatable bonds is 5. The summed E-state index contributed by atoms with van der Waals surface area (Å²) < 4.78 is 48.3. The number of amides is 3. The first-order valence-electron chi connectivity index (χ1n) is 8.44. The molecule has 158 valence electrons. The van der Waals surface area contributed by atoms with Crippen molar-refractivity contribution in [2.75, 3.05) is 25.2 Å². The summed E-state index contributed by atoms with van der Waals surface area (Å²) in [6.07, 6.45) is -2.63. The van der Waals surface area contributed by atoms with E-state index >= 15 is 0 Å². The zero-order chi connectivity index (χ0) is 22.1. The van der Waals surface area contributed by atoms with Crippen molar-refractivity contribution >= 4 is 30.2 Å². The van der Waals surface area contributed by atoms with E-state index < -0.39 is 35.9 Å². The highest BCUT2D eigenvalue weighted by atomic mass is 19.4. The van der Waals surface area contributed by atoms with Gasteiger partial charge in [0, 0.05) is 0 Å². The van der Waals surface area contributed by atoms with Gasteiger partial charge >= 0.3 is 6.18 Å². The van der Waals surface area contributed by atoms with Crippen LogP contribution < -0.4 is 9.64 Å². The Labute approximate surface area is 168 Å². The molecule has 2 aliphatic heterocycles. The maximum atomic E-state index is 12.9. The van der Waals surface area contributed by atoms with E-state index in [9.17, 15) is 32.7 Å². The molecule has 0 radical (unpaired) electrons. The summed E-state index contributed by atoms with van der Waals surface area (Å²) in [5.41, 5.74) is -0.997. The van der Waals surface area contributed by atoms with Crippen molar-refractivity contribution in [1.29, 1.82) is 0 Å². The van der Waals surface area contributed by atoms with Gasteiger partial charge in [0.2, 0.25) is 18.7 Å². The molecule has 0 aliphatic carbocycles. The molecule has 2 heterocycles. The molecule has 8 nitrogen and oxygen atoms in total. The van der Waals surface area contributed by atoms with Crippen molar-refractivity contribution in [2.45, 2.75) is 6.18 Å². The van der Waals surface area contributed by atoms with Crippen molar-refractivity contribution in [3.8, 4) is 5.75 Å². The van der Waals surface area contributed by atoms with E-state index in [4.69, 9.17) is 9.47 Å². The second kappa shape index (κ2) is 7.93. The Morgan fingerprint density at radius 2 is 2.03 bits per heavy atom. The summed E-state index contributed by atoms with van der Waals surface area (Å²) in [6.45, 7) is -1.27. The monoisotopic (exact) mass is 424 g/mol. The molecule has 1 N–H and O–H groups in total. The van der Waals surface area contributed by atoms with Gasteiger partial charge in [-0.25, -0.2) is 4.90 Å². The van der Waals surface area contributed by atoms with Gasteiger partial charge in [0.25, 0.3) is 5.91 Å². The number of aliphatic hydroxyl groups excluding tert-OH is 1. The van der Waals surface area contributed by atoms with Crippen LogP contribution in [0.5, 0.6) is 5.75 Å². The minimum Gasteiger partial charge on any atom is -0.507 e. The highest BCUT2D eigenvalue weighted by Gasteiger charge is 2.37. The number of ether oxygens (including phenoxy) is 2. The van der Waals surface area contributed by atoms with Crippen molar-refractivity contribution in [3.05, 3.63) is 52.9 Å². The average Bonchev–Trinajstić information content (AvgIpc) is 2.73. The third-order valence-electron chi connectivity index (χ3n) is 4.50. The van der Waals surface area contributed by atoms with Crippen molar-refractivity contribution in [3.63, 3.8) is 0 Å². The number of benzene rings is 1. The molecule has 0 saturated carbocycles. The normalized spacial score (nSPS) is 16.1. The molecule has 30 heavy (non-hydrogen) atoms. The molecule has 0 fully saturated rings. The lowest BCUT2D eigenvalue weighted by atomic mass is 9.99. The number of anilines is 1. The highest BCUT2D eigenvalue weighted by molar-refractivity contribution is 6.09. The van der Waals surface area contributed by atoms with Gasteiger partial charge in [-0.05, 0) is 24.3 Å². The van der Waals surface area contributed by atoms with Gasteiger partial charge in [-0.1, -0.05) is 6.07 Å². The summed E-state index contributed by atoms with van der Waals surface area (Å²) in [4.78, 5) is 37.5. The van der Waals surface area contributed by atoms with Gasteiger partial charge in [0.1, 0.15) is 18.1 Å². The van der Waals surface area contributed by atoms with Crippen LogP contribution in [0.1, 0.15) is 5.56 Å². The topological polar surface area (TPSA) is 96.4 Å². The molecule has 0 atom stereocenters. The van der Waals surface area contributed by atoms with E-state index in [0.717, 1.165) is 11.0 Å². The van der Waals surface area contributed by atoms with Crippen molar-refractivity contribution in [2.24, 2.45) is 0 Å². The van der Waals surface area contributed by atoms with Crippen LogP contribution in [0.15, 0.2) is 47.4 Å². The van der Waals surface area contributed by atoms with Crippen molar-refractivity contribution < 1.29 is 42.1 Å². The smallest absolute Gasteiger partial charge is 0.415 e. The van der Waals surface area contributed by atoms with Gasteiger partial charge in [0.15, 0.2) is 0 Å². The Bertz CT molecular complexity index is 996. The minimum absolute atomic E-state index is 0.0455. The third-order valence-corrected chi connectivity index (χ3v) is 4.50. The first-order valence-corrected chi connectivity index (χ1v) is 8.44. The number of carbonyl (C=O) groups is 3. The second-order valence-corrected chi connectivity index (χ2v) is 6.18. The van der Waals surface area contributed by atoms with Crippen LogP contribution >= 0.6 is 0 Å². The maximum Gasteiger partial charge on any atom is 0.415 e. The van der Waals surface area contributed by atoms with Crippen LogP contribution in [0.2, 0.25) is 0 Å². The number of hydrogen-bond donors (Lipinski definition) is 1. The number of fused-ring (bicyclic) bond motifs is 1. The summed E-state index contributed by atoms with van der Waals surface area (Å²) >= 11 is 0. The van der Waals surface area contributed by atoms with Crippen molar-refractivity contribution in [1.82, 2.24) is 4.90 Å². The van der Waals surface area contributed by atoms with Crippen LogP contribution in [-0.4, -0.2) is 55.2 Å². The zero-order valence-corrected chi connectivity index (χ0v) is 15.5. The lowest BCUT2D eigenvalue weighted by Gasteiger charge is -2.30. The number of imide groups is 1. The van der Waals surface area contributed by atoms with E-state index in [1.54, 1.807) is 6.07 Å². The fourth-order valence-electron chi connectivity index (χ4n) is 3.00. The Hall–Kier alpha value is -3.76. The third kappa shape index (κ3) is 3.61. The SMILES string of the molecule is COc1cccc2c1C(O)=C(C(=O)N(C=O)C1=CC=C(C(F)(F)F)CO1)CN2C=O. The lowest BCUT2D eigenvalue weighted by molar-refractivity contribution is -0.136. The van der Waals surface area contributed by atoms with Gasteiger partial charge in [-0.2, -0.15) is 13.2 Å². The molecule has 1 aromatic rings. The summed E-state index contributed by atoms with van der Waals surface area (Å²) in [7, 11) is 1.33. The number of alkyl halides is 3. The number of carbonyl (C=O) groups excluding carboxylic acids is 3. The van der Waals surface area contributed by atoms with Gasteiger partial charge < -0.3 is 19.5 Å². The molecule has 0 aromatic heterocycles. The van der Waals surface area contributed by atoms with E-state index in [2.05, 4.69) is 0 Å². The fourth-order valence-corrected chi connectivity index (χ4v) is 3.00. The Morgan fingerprint density at radius 1 is 1.30 bits per heavy atom. The minimum atomic E-state index is -4.62. The summed E-state index contributed by atoms with van der Waals surface area (Å²) in [6, 6.07) is 4.61. The molecule has 0 bridgehead atoms. The number of aliphatic hydroxyl groups is 1. The molecule has 11 heteroatoms. The van der Waals surface area contributed by atoms with Crippen LogP contribution in [0, 0.1) is 0 Å². The molecule has 3 rings (SSSR count). The number of hydrogen-bond acceptors (Lipinski definition) is 6. The molecule has 0 saturated heterocycles. The van der Waals surface area contributed by atoms with Crippen LogP contribution in [-0.2, 0) is 19.1 Å². The molecular formula is C19H15F3N2O6. The summed E-state index contributed by atoms with van der Waals surface area (Å²) in [5.74, 6) is -1.88. The highest BCUT2D eigenvalue weighted by Crippen LogP contribution is 2.39. The van der Waals surface area contributed by atoms with Gasteiger partial charge in [-0.15, -0.1) is 0 Å². The average molecular weight is 424 g/mol. The molecule has 0 unspecified atom stereocenters. The van der Waals surface area contributed by atoms with E-state index in [1.807, 2.05) is 0 Å². The van der Waals surface area contributed by atoms with Gasteiger partial charge in [-0.3, -0.25) is 14.4 Å². The zero-order valence-electron chi connectivity index (χ0n) is 15.5. The maximum absolute atomic E-state index is 12.9.